The molecule has 0 aromatic heterocycles. The Balaban J connectivity index is 2.31. The van der Waals surface area contributed by atoms with Crippen LogP contribution in [0, 0.1) is 0 Å². The summed E-state index contributed by atoms with van der Waals surface area (Å²) in [5, 5.41) is 13.7. The highest BCUT2D eigenvalue weighted by molar-refractivity contribution is 6.92. The van der Waals surface area contributed by atoms with Crippen LogP contribution in [-0.4, -0.2) is 21.3 Å². The molecule has 0 saturated carbocycles. The first-order valence-corrected chi connectivity index (χ1v) is 16.7. The summed E-state index contributed by atoms with van der Waals surface area (Å²) in [4.78, 5) is 0. The topological polar surface area (TPSA) is 20.2 Å². The zero-order chi connectivity index (χ0) is 22.3. The van der Waals surface area contributed by atoms with Crippen LogP contribution in [0.15, 0.2) is 42.5 Å². The molecule has 2 aromatic carbocycles. The third kappa shape index (κ3) is 5.13. The Bertz CT molecular complexity index is 876. The molecule has 0 spiro atoms. The predicted molar refractivity (Wildman–Crippen MR) is 137 cm³/mol. The van der Waals surface area contributed by atoms with Gasteiger partial charge in [0.15, 0.2) is 0 Å². The molecule has 3 heteroatoms. The molecule has 2 rings (SSSR count). The highest BCUT2D eigenvalue weighted by atomic mass is 28.3. The maximum Gasteiger partial charge on any atom is 0.116 e. The van der Waals surface area contributed by atoms with Gasteiger partial charge in [-0.05, 0) is 33.3 Å². The fourth-order valence-corrected chi connectivity index (χ4v) is 6.93. The Hall–Kier alpha value is -1.59. The molecule has 0 bridgehead atoms. The highest BCUT2D eigenvalue weighted by Crippen LogP contribution is 2.37. The lowest BCUT2D eigenvalue weighted by molar-refractivity contribution is 0.475. The smallest absolute Gasteiger partial charge is 0.116 e. The highest BCUT2D eigenvalue weighted by Gasteiger charge is 2.37. The molecule has 0 heterocycles. The average molecular weight is 425 g/mol. The predicted octanol–water partition coefficient (Wildman–Crippen LogP) is 6.99. The van der Waals surface area contributed by atoms with E-state index < -0.39 is 16.1 Å². The molecule has 0 radical (unpaired) electrons. The fraction of sp³-hybridized carbons (Fsp3) is 0.462. The van der Waals surface area contributed by atoms with E-state index in [9.17, 15) is 5.11 Å². The summed E-state index contributed by atoms with van der Waals surface area (Å²) in [5.41, 5.74) is 2.27. The van der Waals surface area contributed by atoms with Crippen LogP contribution >= 0.6 is 0 Å². The van der Waals surface area contributed by atoms with Crippen LogP contribution in [-0.2, 0) is 0 Å². The Morgan fingerprint density at radius 2 is 1.07 bits per heavy atom. The van der Waals surface area contributed by atoms with E-state index in [1.165, 1.54) is 15.9 Å². The molecule has 2 aromatic rings. The molecule has 0 fully saturated rings. The molecular formula is C26H40OSi2. The van der Waals surface area contributed by atoms with Crippen LogP contribution in [0.1, 0.15) is 52.7 Å². The molecule has 0 unspecified atom stereocenters. The molecular weight excluding hydrogens is 384 g/mol. The summed E-state index contributed by atoms with van der Waals surface area (Å²) in [6.45, 7) is 23.7. The minimum absolute atomic E-state index is 0.237. The van der Waals surface area contributed by atoms with E-state index in [0.29, 0.717) is 10.8 Å². The number of hydrogen-bond donors (Lipinski definition) is 1. The minimum Gasteiger partial charge on any atom is -0.508 e. The number of phenolic OH excluding ortho intramolecular Hbond substituents is 1. The van der Waals surface area contributed by atoms with Gasteiger partial charge in [-0.3, -0.25) is 0 Å². The van der Waals surface area contributed by atoms with E-state index in [0.717, 1.165) is 5.56 Å². The van der Waals surface area contributed by atoms with Gasteiger partial charge in [-0.2, -0.15) is 0 Å². The average Bonchev–Trinajstić information content (AvgIpc) is 2.58. The van der Waals surface area contributed by atoms with Crippen LogP contribution in [0.3, 0.4) is 0 Å². The second kappa shape index (κ2) is 7.92. The van der Waals surface area contributed by atoms with E-state index in [1.807, 2.05) is 12.1 Å². The van der Waals surface area contributed by atoms with Gasteiger partial charge in [-0.1, -0.05) is 121 Å². The zero-order valence-corrected chi connectivity index (χ0v) is 22.1. The van der Waals surface area contributed by atoms with Crippen molar-refractivity contribution in [1.29, 1.82) is 0 Å². The lowest BCUT2D eigenvalue weighted by atomic mass is 10.1. The monoisotopic (exact) mass is 424 g/mol. The number of hydrogen-bond acceptors (Lipinski definition) is 1. The number of benzene rings is 2. The maximum atomic E-state index is 10.3. The van der Waals surface area contributed by atoms with Crippen LogP contribution in [0.25, 0.3) is 12.2 Å². The fourth-order valence-electron chi connectivity index (χ4n) is 3.16. The largest absolute Gasteiger partial charge is 0.508 e. The van der Waals surface area contributed by atoms with E-state index in [4.69, 9.17) is 0 Å². The molecule has 1 N–H and O–H groups in total. The van der Waals surface area contributed by atoms with Crippen LogP contribution in [0.5, 0.6) is 5.75 Å². The van der Waals surface area contributed by atoms with Crippen LogP contribution < -0.4 is 10.4 Å². The third-order valence-electron chi connectivity index (χ3n) is 7.51. The van der Waals surface area contributed by atoms with Crippen LogP contribution in [0.2, 0.25) is 36.3 Å². The van der Waals surface area contributed by atoms with Gasteiger partial charge in [0, 0.05) is 0 Å². The minimum atomic E-state index is -1.69. The molecule has 1 nitrogen and oxygen atoms in total. The Morgan fingerprint density at radius 1 is 0.621 bits per heavy atom. The van der Waals surface area contributed by atoms with Crippen molar-refractivity contribution in [3.05, 3.63) is 53.6 Å². The lowest BCUT2D eigenvalue weighted by Gasteiger charge is -2.37. The molecule has 0 atom stereocenters. The quantitative estimate of drug-likeness (QED) is 0.414. The number of phenols is 1. The second-order valence-electron chi connectivity index (χ2n) is 11.5. The summed E-state index contributed by atoms with van der Waals surface area (Å²) >= 11 is 0. The van der Waals surface area contributed by atoms with Crippen molar-refractivity contribution in [1.82, 2.24) is 0 Å². The van der Waals surface area contributed by atoms with Crippen molar-refractivity contribution < 1.29 is 5.11 Å². The van der Waals surface area contributed by atoms with Gasteiger partial charge < -0.3 is 5.11 Å². The Morgan fingerprint density at radius 3 is 1.55 bits per heavy atom. The van der Waals surface area contributed by atoms with Gasteiger partial charge in [0.25, 0.3) is 0 Å². The molecule has 0 aliphatic rings. The second-order valence-corrected chi connectivity index (χ2v) is 22.2. The van der Waals surface area contributed by atoms with Crippen molar-refractivity contribution in [3.63, 3.8) is 0 Å². The van der Waals surface area contributed by atoms with Crippen molar-refractivity contribution >= 4 is 38.7 Å². The first kappa shape index (κ1) is 23.7. The number of aromatic hydroxyl groups is 1. The third-order valence-corrected chi connectivity index (χ3v) is 18.5. The molecule has 29 heavy (non-hydrogen) atoms. The van der Waals surface area contributed by atoms with Gasteiger partial charge >= 0.3 is 0 Å². The first-order valence-electron chi connectivity index (χ1n) is 10.7. The van der Waals surface area contributed by atoms with E-state index in [2.05, 4.69) is 110 Å². The Labute approximate surface area is 180 Å². The van der Waals surface area contributed by atoms with Crippen LogP contribution in [0.4, 0.5) is 0 Å². The maximum absolute atomic E-state index is 10.3. The summed E-state index contributed by atoms with van der Waals surface area (Å²) < 4.78 is 0. The summed E-state index contributed by atoms with van der Waals surface area (Å²) in [7, 11) is -3.19. The molecule has 0 amide bonds. The molecule has 0 aliphatic heterocycles. The van der Waals surface area contributed by atoms with Crippen molar-refractivity contribution in [3.8, 4) is 5.75 Å². The molecule has 158 valence electrons. The normalized spacial score (nSPS) is 13.9. The van der Waals surface area contributed by atoms with Gasteiger partial charge in [-0.15, -0.1) is 0 Å². The van der Waals surface area contributed by atoms with Gasteiger partial charge in [0.05, 0.1) is 16.1 Å². The van der Waals surface area contributed by atoms with E-state index in [-0.39, 0.29) is 5.04 Å². The number of rotatable bonds is 4. The SMILES string of the molecule is CC(C)(C)[Si](C)(C)c1ccc(/C=C/c2cc(O)cc([Si](C)(C)C(C)(C)C)c2)cc1. The zero-order valence-electron chi connectivity index (χ0n) is 20.1. The summed E-state index contributed by atoms with van der Waals surface area (Å²) in [6, 6.07) is 15.1. The van der Waals surface area contributed by atoms with Gasteiger partial charge in [0.2, 0.25) is 0 Å². The van der Waals surface area contributed by atoms with Crippen molar-refractivity contribution in [2.24, 2.45) is 0 Å². The van der Waals surface area contributed by atoms with Crippen molar-refractivity contribution in [2.75, 3.05) is 0 Å². The first-order chi connectivity index (χ1) is 13.1. The molecule has 0 aliphatic carbocycles. The Kier molecular flexibility index (Phi) is 6.47. The summed E-state index contributed by atoms with van der Waals surface area (Å²) in [5.74, 6) is 0.361. The summed E-state index contributed by atoms with van der Waals surface area (Å²) in [6.07, 6.45) is 4.28. The van der Waals surface area contributed by atoms with E-state index >= 15 is 0 Å². The van der Waals surface area contributed by atoms with Crippen molar-refractivity contribution in [2.45, 2.75) is 77.8 Å². The van der Waals surface area contributed by atoms with E-state index in [1.54, 1.807) is 0 Å². The standard InChI is InChI=1S/C26H40OSi2/c1-25(2,3)28(7,8)23-15-13-20(14-16-23)11-12-21-17-22(27)19-24(18-21)29(9,10)26(4,5)6/h11-19,27H,1-10H3/b12-11+. The molecule has 0 saturated heterocycles. The van der Waals surface area contributed by atoms with Gasteiger partial charge in [0.1, 0.15) is 5.75 Å². The lowest BCUT2D eigenvalue weighted by Crippen LogP contribution is -2.49. The van der Waals surface area contributed by atoms with Gasteiger partial charge in [-0.25, -0.2) is 0 Å².